The number of aryl methyl sites for hydroxylation is 2. The lowest BCUT2D eigenvalue weighted by molar-refractivity contribution is -0.254. The van der Waals surface area contributed by atoms with Crippen LogP contribution in [0.5, 0.6) is 0 Å². The number of pyridine rings is 1. The number of benzene rings is 1. The van der Waals surface area contributed by atoms with E-state index < -0.39 is 5.97 Å². The molecule has 0 N–H and O–H groups in total. The first kappa shape index (κ1) is 10.8. The van der Waals surface area contributed by atoms with E-state index in [9.17, 15) is 9.90 Å². The number of imidazole rings is 1. The van der Waals surface area contributed by atoms with Crippen molar-refractivity contribution in [3.63, 3.8) is 0 Å². The van der Waals surface area contributed by atoms with Crippen molar-refractivity contribution in [1.82, 2.24) is 9.38 Å². The summed E-state index contributed by atoms with van der Waals surface area (Å²) >= 11 is 0. The SMILES string of the molecule is Cc1cc(C)n2c(nc3ccccc32)c1C(=O)[O-]. The van der Waals surface area contributed by atoms with E-state index in [1.54, 1.807) is 6.92 Å². The molecule has 1 aromatic carbocycles. The molecule has 0 aliphatic carbocycles. The molecule has 0 saturated heterocycles. The Morgan fingerprint density at radius 2 is 2.00 bits per heavy atom. The number of aromatic nitrogens is 2. The van der Waals surface area contributed by atoms with Crippen LogP contribution in [-0.2, 0) is 0 Å². The van der Waals surface area contributed by atoms with Gasteiger partial charge in [-0.3, -0.25) is 4.40 Å². The van der Waals surface area contributed by atoms with Gasteiger partial charge in [-0.2, -0.15) is 0 Å². The first-order valence-corrected chi connectivity index (χ1v) is 5.68. The standard InChI is InChI=1S/C14H12N2O2/c1-8-7-9(2)16-11-6-4-3-5-10(11)15-13(16)12(8)14(17)18/h3-7H,1-2H3,(H,17,18)/p-1. The van der Waals surface area contributed by atoms with Crippen LogP contribution < -0.4 is 5.11 Å². The van der Waals surface area contributed by atoms with Crippen LogP contribution in [0.3, 0.4) is 0 Å². The molecule has 0 amide bonds. The largest absolute Gasteiger partial charge is 0.545 e. The molecule has 0 saturated carbocycles. The van der Waals surface area contributed by atoms with Crippen LogP contribution in [0.1, 0.15) is 21.6 Å². The van der Waals surface area contributed by atoms with Gasteiger partial charge in [0.15, 0.2) is 0 Å². The van der Waals surface area contributed by atoms with Crippen molar-refractivity contribution in [1.29, 1.82) is 0 Å². The van der Waals surface area contributed by atoms with E-state index in [1.165, 1.54) is 0 Å². The van der Waals surface area contributed by atoms with Crippen molar-refractivity contribution in [3.05, 3.63) is 47.2 Å². The highest BCUT2D eigenvalue weighted by Crippen LogP contribution is 2.23. The molecule has 2 heterocycles. The Labute approximate surface area is 104 Å². The second-order valence-corrected chi connectivity index (χ2v) is 4.39. The molecular formula is C14H11N2O2-. The first-order valence-electron chi connectivity index (χ1n) is 5.68. The van der Waals surface area contributed by atoms with Gasteiger partial charge in [0.2, 0.25) is 0 Å². The monoisotopic (exact) mass is 239 g/mol. The van der Waals surface area contributed by atoms with E-state index in [1.807, 2.05) is 41.7 Å². The molecule has 3 rings (SSSR count). The van der Waals surface area contributed by atoms with Crippen molar-refractivity contribution in [3.8, 4) is 0 Å². The molecule has 0 radical (unpaired) electrons. The molecular weight excluding hydrogens is 228 g/mol. The summed E-state index contributed by atoms with van der Waals surface area (Å²) in [6.07, 6.45) is 0. The van der Waals surface area contributed by atoms with Gasteiger partial charge in [-0.05, 0) is 37.6 Å². The minimum Gasteiger partial charge on any atom is -0.545 e. The molecule has 0 fully saturated rings. The van der Waals surface area contributed by atoms with Gasteiger partial charge in [-0.25, -0.2) is 4.98 Å². The zero-order valence-electron chi connectivity index (χ0n) is 10.1. The molecule has 0 atom stereocenters. The van der Waals surface area contributed by atoms with Gasteiger partial charge in [0.05, 0.1) is 17.0 Å². The van der Waals surface area contributed by atoms with Gasteiger partial charge in [-0.15, -0.1) is 0 Å². The maximum absolute atomic E-state index is 11.3. The van der Waals surface area contributed by atoms with Gasteiger partial charge < -0.3 is 9.90 Å². The fourth-order valence-corrected chi connectivity index (χ4v) is 2.43. The molecule has 2 aromatic heterocycles. The normalized spacial score (nSPS) is 11.2. The third-order valence-electron chi connectivity index (χ3n) is 3.16. The number of carboxylic acid groups (broad SMARTS) is 1. The molecule has 18 heavy (non-hydrogen) atoms. The predicted molar refractivity (Wildman–Crippen MR) is 66.5 cm³/mol. The Morgan fingerprint density at radius 3 is 2.72 bits per heavy atom. The van der Waals surface area contributed by atoms with Crippen molar-refractivity contribution < 1.29 is 9.90 Å². The van der Waals surface area contributed by atoms with E-state index in [0.717, 1.165) is 16.7 Å². The van der Waals surface area contributed by atoms with Crippen LogP contribution in [0.25, 0.3) is 16.7 Å². The van der Waals surface area contributed by atoms with Crippen molar-refractivity contribution in [2.45, 2.75) is 13.8 Å². The second-order valence-electron chi connectivity index (χ2n) is 4.39. The van der Waals surface area contributed by atoms with E-state index in [2.05, 4.69) is 4.98 Å². The molecule has 0 unspecified atom stereocenters. The third-order valence-corrected chi connectivity index (χ3v) is 3.16. The van der Waals surface area contributed by atoms with E-state index in [-0.39, 0.29) is 5.56 Å². The summed E-state index contributed by atoms with van der Waals surface area (Å²) in [5, 5.41) is 11.3. The molecule has 3 aromatic rings. The maximum Gasteiger partial charge on any atom is 0.147 e. The molecule has 4 heteroatoms. The second kappa shape index (κ2) is 3.57. The number of carbonyl (C=O) groups excluding carboxylic acids is 1. The average molecular weight is 239 g/mol. The van der Waals surface area contributed by atoms with Crippen LogP contribution in [0.4, 0.5) is 0 Å². The molecule has 0 aliphatic rings. The topological polar surface area (TPSA) is 57.4 Å². The van der Waals surface area contributed by atoms with Crippen LogP contribution in [0, 0.1) is 13.8 Å². The maximum atomic E-state index is 11.3. The van der Waals surface area contributed by atoms with Gasteiger partial charge in [-0.1, -0.05) is 12.1 Å². The Morgan fingerprint density at radius 1 is 1.28 bits per heavy atom. The quantitative estimate of drug-likeness (QED) is 0.646. The average Bonchev–Trinajstić information content (AvgIpc) is 2.66. The lowest BCUT2D eigenvalue weighted by Gasteiger charge is -2.11. The van der Waals surface area contributed by atoms with Crippen molar-refractivity contribution in [2.24, 2.45) is 0 Å². The number of carbonyl (C=O) groups is 1. The van der Waals surface area contributed by atoms with Gasteiger partial charge in [0.1, 0.15) is 5.65 Å². The minimum absolute atomic E-state index is 0.164. The number of nitrogens with zero attached hydrogens (tertiary/aromatic N) is 2. The molecule has 0 spiro atoms. The number of rotatable bonds is 1. The molecule has 0 bridgehead atoms. The Kier molecular flexibility index (Phi) is 2.13. The van der Waals surface area contributed by atoms with Gasteiger partial charge in [0.25, 0.3) is 0 Å². The number of fused-ring (bicyclic) bond motifs is 3. The number of hydrogen-bond acceptors (Lipinski definition) is 3. The zero-order chi connectivity index (χ0) is 12.9. The fraction of sp³-hybridized carbons (Fsp3) is 0.143. The summed E-state index contributed by atoms with van der Waals surface area (Å²) in [4.78, 5) is 15.7. The highest BCUT2D eigenvalue weighted by atomic mass is 16.4. The third kappa shape index (κ3) is 1.32. The fourth-order valence-electron chi connectivity index (χ4n) is 2.43. The summed E-state index contributed by atoms with van der Waals surface area (Å²) in [7, 11) is 0. The minimum atomic E-state index is -1.19. The lowest BCUT2D eigenvalue weighted by Crippen LogP contribution is -2.24. The summed E-state index contributed by atoms with van der Waals surface area (Å²) in [5.74, 6) is -1.19. The lowest BCUT2D eigenvalue weighted by atomic mass is 10.1. The van der Waals surface area contributed by atoms with E-state index in [4.69, 9.17) is 0 Å². The van der Waals surface area contributed by atoms with E-state index in [0.29, 0.717) is 11.2 Å². The zero-order valence-corrected chi connectivity index (χ0v) is 10.1. The smallest absolute Gasteiger partial charge is 0.147 e. The predicted octanol–water partition coefficient (Wildman–Crippen LogP) is 1.47. The summed E-state index contributed by atoms with van der Waals surface area (Å²) in [6, 6.07) is 9.43. The Bertz CT molecular complexity index is 787. The van der Waals surface area contributed by atoms with E-state index >= 15 is 0 Å². The van der Waals surface area contributed by atoms with Crippen LogP contribution in [-0.4, -0.2) is 15.4 Å². The van der Waals surface area contributed by atoms with Gasteiger partial charge >= 0.3 is 0 Å². The highest BCUT2D eigenvalue weighted by molar-refractivity contribution is 5.97. The molecule has 4 nitrogen and oxygen atoms in total. The molecule has 90 valence electrons. The van der Waals surface area contributed by atoms with Crippen LogP contribution in [0.2, 0.25) is 0 Å². The highest BCUT2D eigenvalue weighted by Gasteiger charge is 2.13. The number of carboxylic acids is 1. The number of hydrogen-bond donors (Lipinski definition) is 0. The first-order chi connectivity index (χ1) is 8.59. The summed E-state index contributed by atoms with van der Waals surface area (Å²) < 4.78 is 1.85. The van der Waals surface area contributed by atoms with Crippen molar-refractivity contribution >= 4 is 22.6 Å². The Hall–Kier alpha value is -2.36. The summed E-state index contributed by atoms with van der Waals surface area (Å²) in [5.41, 5.74) is 3.95. The summed E-state index contributed by atoms with van der Waals surface area (Å²) in [6.45, 7) is 3.70. The van der Waals surface area contributed by atoms with Crippen molar-refractivity contribution in [2.75, 3.05) is 0 Å². The number of para-hydroxylation sites is 2. The number of aromatic carboxylic acids is 1. The molecule has 0 aliphatic heterocycles. The van der Waals surface area contributed by atoms with Crippen LogP contribution in [0.15, 0.2) is 30.3 Å². The Balaban J connectivity index is 2.61. The van der Waals surface area contributed by atoms with Crippen LogP contribution >= 0.6 is 0 Å². The van der Waals surface area contributed by atoms with Gasteiger partial charge in [0, 0.05) is 11.3 Å².